The molecule has 0 aliphatic heterocycles. The van der Waals surface area contributed by atoms with Crippen molar-refractivity contribution in [3.8, 4) is 0 Å². The molecule has 2 aromatic rings. The van der Waals surface area contributed by atoms with Crippen LogP contribution in [0.4, 0.5) is 0 Å². The number of aryl methyl sites for hydroxylation is 2. The summed E-state index contributed by atoms with van der Waals surface area (Å²) in [6.45, 7) is 5.29. The first-order chi connectivity index (χ1) is 7.02. The Kier molecular flexibility index (Phi) is 2.31. The second kappa shape index (κ2) is 3.38. The van der Waals surface area contributed by atoms with Crippen LogP contribution in [0.2, 0.25) is 5.02 Å². The van der Waals surface area contributed by atoms with Gasteiger partial charge in [-0.15, -0.1) is 0 Å². The minimum absolute atomic E-state index is 0.0702. The lowest BCUT2D eigenvalue weighted by Gasteiger charge is -1.96. The van der Waals surface area contributed by atoms with Gasteiger partial charge in [-0.1, -0.05) is 17.7 Å². The monoisotopic (exact) mass is 222 g/mol. The van der Waals surface area contributed by atoms with Crippen LogP contribution < -0.4 is 0 Å². The molecule has 0 unspecified atom stereocenters. The first-order valence-corrected chi connectivity index (χ1v) is 5.09. The molecule has 15 heavy (non-hydrogen) atoms. The van der Waals surface area contributed by atoms with Gasteiger partial charge < -0.3 is 4.42 Å². The molecule has 2 rings (SSSR count). The Bertz CT molecular complexity index is 552. The zero-order valence-corrected chi connectivity index (χ0v) is 9.61. The Hall–Kier alpha value is -1.28. The Labute approximate surface area is 92.8 Å². The summed E-state index contributed by atoms with van der Waals surface area (Å²) in [6, 6.07) is 3.71. The molecule has 1 aromatic heterocycles. The number of halogens is 1. The maximum absolute atomic E-state index is 11.3. The van der Waals surface area contributed by atoms with Crippen LogP contribution in [0.1, 0.15) is 28.6 Å². The topological polar surface area (TPSA) is 30.2 Å². The van der Waals surface area contributed by atoms with Gasteiger partial charge in [0.1, 0.15) is 5.58 Å². The smallest absolute Gasteiger partial charge is 0.195 e. The molecule has 78 valence electrons. The zero-order chi connectivity index (χ0) is 11.2. The highest BCUT2D eigenvalue weighted by molar-refractivity contribution is 6.36. The van der Waals surface area contributed by atoms with Gasteiger partial charge in [0.25, 0.3) is 0 Å². The number of furan rings is 1. The summed E-state index contributed by atoms with van der Waals surface area (Å²) >= 11 is 6.08. The molecule has 0 N–H and O–H groups in total. The van der Waals surface area contributed by atoms with Crippen molar-refractivity contribution in [2.75, 3.05) is 0 Å². The van der Waals surface area contributed by atoms with Gasteiger partial charge in [-0.25, -0.2) is 0 Å². The molecular weight excluding hydrogens is 212 g/mol. The van der Waals surface area contributed by atoms with E-state index in [1.807, 2.05) is 26.0 Å². The van der Waals surface area contributed by atoms with Crippen LogP contribution in [0.3, 0.4) is 0 Å². The summed E-state index contributed by atoms with van der Waals surface area (Å²) in [6.07, 6.45) is 0. The van der Waals surface area contributed by atoms with Crippen molar-refractivity contribution in [1.82, 2.24) is 0 Å². The molecule has 2 nitrogen and oxygen atoms in total. The Balaban J connectivity index is 2.93. The van der Waals surface area contributed by atoms with Crippen molar-refractivity contribution in [1.29, 1.82) is 0 Å². The number of ketones is 1. The van der Waals surface area contributed by atoms with E-state index in [1.54, 1.807) is 0 Å². The quantitative estimate of drug-likeness (QED) is 0.685. The van der Waals surface area contributed by atoms with Crippen molar-refractivity contribution >= 4 is 28.4 Å². The lowest BCUT2D eigenvalue weighted by atomic mass is 10.1. The summed E-state index contributed by atoms with van der Waals surface area (Å²) in [7, 11) is 0. The average molecular weight is 223 g/mol. The fourth-order valence-electron chi connectivity index (χ4n) is 1.77. The molecule has 0 saturated carbocycles. The molecule has 1 heterocycles. The fourth-order valence-corrected chi connectivity index (χ4v) is 2.06. The van der Waals surface area contributed by atoms with Crippen LogP contribution in [0.5, 0.6) is 0 Å². The standard InChI is InChI=1S/C12H11ClO2/c1-6-4-5-9(13)10-7(2)12(8(3)14)15-11(6)10/h4-5H,1-3H3. The minimum Gasteiger partial charge on any atom is -0.452 e. The van der Waals surface area contributed by atoms with Crippen molar-refractivity contribution in [3.63, 3.8) is 0 Å². The molecule has 1 aromatic carbocycles. The Morgan fingerprint density at radius 1 is 1.33 bits per heavy atom. The van der Waals surface area contributed by atoms with Gasteiger partial charge in [-0.05, 0) is 25.5 Å². The zero-order valence-electron chi connectivity index (χ0n) is 8.85. The number of benzene rings is 1. The third kappa shape index (κ3) is 1.45. The lowest BCUT2D eigenvalue weighted by molar-refractivity contribution is 0.0988. The van der Waals surface area contributed by atoms with Crippen molar-refractivity contribution in [2.24, 2.45) is 0 Å². The summed E-state index contributed by atoms with van der Waals surface area (Å²) < 4.78 is 5.54. The van der Waals surface area contributed by atoms with Gasteiger partial charge in [0, 0.05) is 17.9 Å². The third-order valence-corrected chi connectivity index (χ3v) is 2.86. The lowest BCUT2D eigenvalue weighted by Crippen LogP contribution is -1.90. The number of Topliss-reactive ketones (excluding diaryl/α,β-unsaturated/α-hetero) is 1. The second-order valence-electron chi connectivity index (χ2n) is 3.68. The van der Waals surface area contributed by atoms with Gasteiger partial charge in [0.2, 0.25) is 0 Å². The van der Waals surface area contributed by atoms with E-state index >= 15 is 0 Å². The van der Waals surface area contributed by atoms with Crippen LogP contribution in [0.15, 0.2) is 16.5 Å². The molecule has 0 aliphatic carbocycles. The predicted molar refractivity (Wildman–Crippen MR) is 60.7 cm³/mol. The van der Waals surface area contributed by atoms with Gasteiger partial charge in [-0.3, -0.25) is 4.79 Å². The summed E-state index contributed by atoms with van der Waals surface area (Å²) in [5.74, 6) is 0.334. The molecule has 0 spiro atoms. The highest BCUT2D eigenvalue weighted by Gasteiger charge is 2.17. The number of carbonyl (C=O) groups excluding carboxylic acids is 1. The van der Waals surface area contributed by atoms with Crippen molar-refractivity contribution in [3.05, 3.63) is 34.0 Å². The Morgan fingerprint density at radius 3 is 2.53 bits per heavy atom. The first-order valence-electron chi connectivity index (χ1n) is 4.71. The SMILES string of the molecule is CC(=O)c1oc2c(C)ccc(Cl)c2c1C. The fraction of sp³-hybridized carbons (Fsp3) is 0.250. The summed E-state index contributed by atoms with van der Waals surface area (Å²) in [5.41, 5.74) is 2.53. The highest BCUT2D eigenvalue weighted by Crippen LogP contribution is 2.33. The van der Waals surface area contributed by atoms with E-state index in [1.165, 1.54) is 6.92 Å². The van der Waals surface area contributed by atoms with Crippen LogP contribution in [-0.4, -0.2) is 5.78 Å². The largest absolute Gasteiger partial charge is 0.452 e. The maximum atomic E-state index is 11.3. The van der Waals surface area contributed by atoms with E-state index in [0.29, 0.717) is 16.4 Å². The molecule has 0 amide bonds. The average Bonchev–Trinajstić information content (AvgIpc) is 2.51. The molecule has 0 radical (unpaired) electrons. The number of hydrogen-bond acceptors (Lipinski definition) is 2. The molecular formula is C12H11ClO2. The van der Waals surface area contributed by atoms with Crippen LogP contribution in [-0.2, 0) is 0 Å². The van der Waals surface area contributed by atoms with Crippen molar-refractivity contribution < 1.29 is 9.21 Å². The molecule has 0 saturated heterocycles. The van der Waals surface area contributed by atoms with E-state index in [9.17, 15) is 4.79 Å². The Morgan fingerprint density at radius 2 is 2.00 bits per heavy atom. The number of fused-ring (bicyclic) bond motifs is 1. The van der Waals surface area contributed by atoms with Crippen LogP contribution in [0, 0.1) is 13.8 Å². The van der Waals surface area contributed by atoms with Crippen molar-refractivity contribution in [2.45, 2.75) is 20.8 Å². The van der Waals surface area contributed by atoms with E-state index in [0.717, 1.165) is 16.5 Å². The molecule has 0 fully saturated rings. The third-order valence-electron chi connectivity index (χ3n) is 2.54. The maximum Gasteiger partial charge on any atom is 0.195 e. The summed E-state index contributed by atoms with van der Waals surface area (Å²) in [5, 5.41) is 1.48. The van der Waals surface area contributed by atoms with Crippen LogP contribution >= 0.6 is 11.6 Å². The molecule has 3 heteroatoms. The second-order valence-corrected chi connectivity index (χ2v) is 4.09. The molecule has 0 aliphatic rings. The van der Waals surface area contributed by atoms with Gasteiger partial charge in [0.15, 0.2) is 11.5 Å². The first kappa shape index (κ1) is 10.2. The van der Waals surface area contributed by atoms with E-state index in [4.69, 9.17) is 16.0 Å². The normalized spacial score (nSPS) is 10.9. The summed E-state index contributed by atoms with van der Waals surface area (Å²) in [4.78, 5) is 11.3. The van der Waals surface area contributed by atoms with Gasteiger partial charge in [-0.2, -0.15) is 0 Å². The molecule has 0 atom stereocenters. The van der Waals surface area contributed by atoms with E-state index in [2.05, 4.69) is 0 Å². The number of hydrogen-bond donors (Lipinski definition) is 0. The molecule has 0 bridgehead atoms. The van der Waals surface area contributed by atoms with E-state index in [-0.39, 0.29) is 5.78 Å². The highest BCUT2D eigenvalue weighted by atomic mass is 35.5. The number of carbonyl (C=O) groups is 1. The van der Waals surface area contributed by atoms with Gasteiger partial charge >= 0.3 is 0 Å². The predicted octanol–water partition coefficient (Wildman–Crippen LogP) is 3.91. The van der Waals surface area contributed by atoms with Gasteiger partial charge in [0.05, 0.1) is 5.02 Å². The van der Waals surface area contributed by atoms with Crippen LogP contribution in [0.25, 0.3) is 11.0 Å². The number of rotatable bonds is 1. The van der Waals surface area contributed by atoms with E-state index < -0.39 is 0 Å². The minimum atomic E-state index is -0.0702.